The third kappa shape index (κ3) is 1.94. The molecule has 0 aliphatic carbocycles. The number of H-pyrrole nitrogens is 1. The van der Waals surface area contributed by atoms with Crippen molar-refractivity contribution in [1.29, 1.82) is 0 Å². The van der Waals surface area contributed by atoms with Crippen LogP contribution in [0.15, 0.2) is 30.5 Å². The highest BCUT2D eigenvalue weighted by atomic mass is 32.2. The van der Waals surface area contributed by atoms with Gasteiger partial charge in [0.2, 0.25) is 0 Å². The summed E-state index contributed by atoms with van der Waals surface area (Å²) in [4.78, 5) is 3.28. The van der Waals surface area contributed by atoms with Crippen LogP contribution in [0.2, 0.25) is 0 Å². The van der Waals surface area contributed by atoms with Crippen LogP contribution in [-0.4, -0.2) is 17.8 Å². The van der Waals surface area contributed by atoms with Crippen LogP contribution in [0, 0.1) is 0 Å². The highest BCUT2D eigenvalue weighted by Gasteiger charge is 2.01. The summed E-state index contributed by atoms with van der Waals surface area (Å²) in [6, 6.07) is 8.42. The molecule has 0 amide bonds. The molecule has 0 saturated carbocycles. The zero-order valence-corrected chi connectivity index (χ0v) is 9.03. The van der Waals surface area contributed by atoms with Crippen LogP contribution in [0.25, 0.3) is 10.9 Å². The maximum Gasteiger partial charge on any atom is 0.0456 e. The van der Waals surface area contributed by atoms with E-state index < -0.39 is 0 Å². The topological polar surface area (TPSA) is 27.8 Å². The Kier molecular flexibility index (Phi) is 3.11. The summed E-state index contributed by atoms with van der Waals surface area (Å²) in [5.41, 5.74) is 2.62. The first-order chi connectivity index (χ1) is 6.92. The van der Waals surface area contributed by atoms with Crippen molar-refractivity contribution >= 4 is 22.9 Å². The van der Waals surface area contributed by atoms with E-state index in [0.717, 1.165) is 13.0 Å². The van der Waals surface area contributed by atoms with Crippen molar-refractivity contribution in [3.8, 4) is 0 Å². The maximum absolute atomic E-state index is 3.28. The first-order valence-electron chi connectivity index (χ1n) is 4.72. The molecule has 1 heterocycles. The van der Waals surface area contributed by atoms with Crippen LogP contribution >= 0.6 is 11.9 Å². The average Bonchev–Trinajstić information content (AvgIpc) is 2.63. The SMILES string of the molecule is CSNCCc1c[nH]c2ccccc12. The van der Waals surface area contributed by atoms with E-state index in [1.54, 1.807) is 11.9 Å². The third-order valence-electron chi connectivity index (χ3n) is 2.32. The van der Waals surface area contributed by atoms with E-state index in [2.05, 4.69) is 46.4 Å². The standard InChI is InChI=1S/C11H14N2S/c1-14-13-7-6-9-8-12-11-5-3-2-4-10(9)11/h2-5,8,12-13H,6-7H2,1H3. The lowest BCUT2D eigenvalue weighted by Gasteiger charge is -1.99. The van der Waals surface area contributed by atoms with E-state index in [1.807, 2.05) is 0 Å². The fourth-order valence-electron chi connectivity index (χ4n) is 1.63. The number of para-hydroxylation sites is 1. The summed E-state index contributed by atoms with van der Waals surface area (Å²) in [5, 5.41) is 1.34. The van der Waals surface area contributed by atoms with Gasteiger partial charge >= 0.3 is 0 Å². The van der Waals surface area contributed by atoms with E-state index in [1.165, 1.54) is 16.5 Å². The van der Waals surface area contributed by atoms with Gasteiger partial charge in [-0.05, 0) is 24.3 Å². The number of hydrogen-bond acceptors (Lipinski definition) is 2. The molecular formula is C11H14N2S. The lowest BCUT2D eigenvalue weighted by Crippen LogP contribution is -2.06. The van der Waals surface area contributed by atoms with Crippen molar-refractivity contribution in [3.05, 3.63) is 36.0 Å². The van der Waals surface area contributed by atoms with Crippen molar-refractivity contribution in [3.63, 3.8) is 0 Å². The molecular weight excluding hydrogens is 192 g/mol. The van der Waals surface area contributed by atoms with E-state index in [0.29, 0.717) is 0 Å². The summed E-state index contributed by atoms with van der Waals surface area (Å²) < 4.78 is 3.25. The van der Waals surface area contributed by atoms with Crippen molar-refractivity contribution in [2.75, 3.05) is 12.8 Å². The van der Waals surface area contributed by atoms with Crippen LogP contribution in [0.1, 0.15) is 5.56 Å². The summed E-state index contributed by atoms with van der Waals surface area (Å²) in [7, 11) is 0. The highest BCUT2D eigenvalue weighted by Crippen LogP contribution is 2.17. The van der Waals surface area contributed by atoms with Crippen LogP contribution in [0.5, 0.6) is 0 Å². The van der Waals surface area contributed by atoms with Gasteiger partial charge in [0.1, 0.15) is 0 Å². The number of aromatic nitrogens is 1. The van der Waals surface area contributed by atoms with Crippen LogP contribution in [-0.2, 0) is 6.42 Å². The fraction of sp³-hybridized carbons (Fsp3) is 0.273. The molecule has 3 heteroatoms. The molecule has 0 bridgehead atoms. The Morgan fingerprint density at radius 3 is 3.07 bits per heavy atom. The molecule has 0 atom stereocenters. The summed E-state index contributed by atoms with van der Waals surface area (Å²) in [5.74, 6) is 0. The molecule has 0 aliphatic rings. The molecule has 74 valence electrons. The van der Waals surface area contributed by atoms with Crippen molar-refractivity contribution in [2.45, 2.75) is 6.42 Å². The Morgan fingerprint density at radius 2 is 2.21 bits per heavy atom. The summed E-state index contributed by atoms with van der Waals surface area (Å²) >= 11 is 1.67. The first-order valence-corrected chi connectivity index (χ1v) is 5.95. The molecule has 0 saturated heterocycles. The molecule has 1 aromatic heterocycles. The minimum Gasteiger partial charge on any atom is -0.361 e. The molecule has 0 unspecified atom stereocenters. The highest BCUT2D eigenvalue weighted by molar-refractivity contribution is 7.96. The van der Waals surface area contributed by atoms with Gasteiger partial charge in [-0.2, -0.15) is 0 Å². The van der Waals surface area contributed by atoms with Gasteiger partial charge in [0.25, 0.3) is 0 Å². The molecule has 2 aromatic rings. The molecule has 1 aromatic carbocycles. The third-order valence-corrected chi connectivity index (χ3v) is 2.81. The minimum atomic E-state index is 1.02. The number of nitrogens with one attached hydrogen (secondary N) is 2. The number of rotatable bonds is 4. The Labute approximate surface area is 88.2 Å². The normalized spacial score (nSPS) is 10.9. The van der Waals surface area contributed by atoms with E-state index in [-0.39, 0.29) is 0 Å². The van der Waals surface area contributed by atoms with E-state index >= 15 is 0 Å². The van der Waals surface area contributed by atoms with E-state index in [9.17, 15) is 0 Å². The molecule has 0 fully saturated rings. The second-order valence-electron chi connectivity index (χ2n) is 3.21. The van der Waals surface area contributed by atoms with Crippen molar-refractivity contribution < 1.29 is 0 Å². The molecule has 2 rings (SSSR count). The Hall–Kier alpha value is -0.930. The zero-order valence-electron chi connectivity index (χ0n) is 8.21. The molecule has 14 heavy (non-hydrogen) atoms. The van der Waals surface area contributed by atoms with Gasteiger partial charge in [-0.15, -0.1) is 0 Å². The van der Waals surface area contributed by atoms with Gasteiger partial charge < -0.3 is 4.98 Å². The monoisotopic (exact) mass is 206 g/mol. The average molecular weight is 206 g/mol. The molecule has 2 nitrogen and oxygen atoms in total. The Bertz CT molecular complexity index is 408. The second kappa shape index (κ2) is 4.53. The molecule has 0 spiro atoms. The van der Waals surface area contributed by atoms with Crippen LogP contribution in [0.4, 0.5) is 0 Å². The molecule has 0 aliphatic heterocycles. The Balaban J connectivity index is 2.17. The van der Waals surface area contributed by atoms with Gasteiger partial charge in [0, 0.05) is 23.6 Å². The lowest BCUT2D eigenvalue weighted by molar-refractivity contribution is 0.916. The Morgan fingerprint density at radius 1 is 1.36 bits per heavy atom. The quantitative estimate of drug-likeness (QED) is 0.594. The fourth-order valence-corrected chi connectivity index (χ4v) is 1.93. The number of benzene rings is 1. The summed E-state index contributed by atoms with van der Waals surface area (Å²) in [6.45, 7) is 1.02. The van der Waals surface area contributed by atoms with Gasteiger partial charge in [-0.25, -0.2) is 0 Å². The smallest absolute Gasteiger partial charge is 0.0456 e. The maximum atomic E-state index is 3.28. The molecule has 0 radical (unpaired) electrons. The minimum absolute atomic E-state index is 1.02. The second-order valence-corrected chi connectivity index (χ2v) is 3.90. The van der Waals surface area contributed by atoms with Crippen LogP contribution < -0.4 is 4.72 Å². The van der Waals surface area contributed by atoms with Crippen LogP contribution in [0.3, 0.4) is 0 Å². The number of hydrogen-bond donors (Lipinski definition) is 2. The van der Waals surface area contributed by atoms with Gasteiger partial charge in [-0.1, -0.05) is 30.1 Å². The lowest BCUT2D eigenvalue weighted by atomic mass is 10.1. The molecule has 2 N–H and O–H groups in total. The predicted octanol–water partition coefficient (Wildman–Crippen LogP) is 2.58. The van der Waals surface area contributed by atoms with Gasteiger partial charge in [0.15, 0.2) is 0 Å². The largest absolute Gasteiger partial charge is 0.361 e. The summed E-state index contributed by atoms with van der Waals surface area (Å²) in [6.07, 6.45) is 5.23. The van der Waals surface area contributed by atoms with Gasteiger partial charge in [-0.3, -0.25) is 4.72 Å². The van der Waals surface area contributed by atoms with E-state index in [4.69, 9.17) is 0 Å². The number of fused-ring (bicyclic) bond motifs is 1. The first kappa shape index (κ1) is 9.62. The zero-order chi connectivity index (χ0) is 9.80. The van der Waals surface area contributed by atoms with Crippen molar-refractivity contribution in [1.82, 2.24) is 9.71 Å². The predicted molar refractivity (Wildman–Crippen MR) is 63.5 cm³/mol. The van der Waals surface area contributed by atoms with Gasteiger partial charge in [0.05, 0.1) is 0 Å². The number of aromatic amines is 1. The van der Waals surface area contributed by atoms with Crippen molar-refractivity contribution in [2.24, 2.45) is 0 Å².